The number of anilines is 2. The highest BCUT2D eigenvalue weighted by atomic mass is 16.5. The molecular weight excluding hydrogens is 330 g/mol. The van der Waals surface area contributed by atoms with Gasteiger partial charge in [0, 0.05) is 23.4 Å². The number of nitrogens with one attached hydrogen (secondary N) is 1. The molecule has 6 nitrogen and oxygen atoms in total. The van der Waals surface area contributed by atoms with Crippen LogP contribution in [0.2, 0.25) is 0 Å². The third-order valence-electron chi connectivity index (χ3n) is 4.43. The molecule has 0 fully saturated rings. The Balaban J connectivity index is 1.93. The number of hydrogen-bond acceptors (Lipinski definition) is 4. The number of carbonyl (C=O) groups excluding carboxylic acids is 2. The summed E-state index contributed by atoms with van der Waals surface area (Å²) in [6.07, 6.45) is 0.0182. The lowest BCUT2D eigenvalue weighted by atomic mass is 10.1. The summed E-state index contributed by atoms with van der Waals surface area (Å²) in [7, 11) is 0. The van der Waals surface area contributed by atoms with E-state index in [1.165, 1.54) is 4.90 Å². The van der Waals surface area contributed by atoms with Crippen molar-refractivity contribution in [3.8, 4) is 5.75 Å². The monoisotopic (exact) mass is 353 g/mol. The number of nitrogens with zero attached hydrogens (tertiary/aromatic N) is 1. The van der Waals surface area contributed by atoms with Crippen LogP contribution in [0.3, 0.4) is 0 Å². The lowest BCUT2D eigenvalue weighted by molar-refractivity contribution is -0.129. The molecule has 2 aromatic rings. The van der Waals surface area contributed by atoms with Crippen molar-refractivity contribution in [1.82, 2.24) is 5.32 Å². The predicted molar refractivity (Wildman–Crippen MR) is 101 cm³/mol. The SMILES string of the molecule is CCC(C)NC(=O)CN1C(=O)C(c2ccccc2)Oc2cc(N)ccc21. The minimum absolute atomic E-state index is 0.0504. The summed E-state index contributed by atoms with van der Waals surface area (Å²) in [6.45, 7) is 3.86. The molecule has 3 N–H and O–H groups in total. The number of nitrogen functional groups attached to an aromatic ring is 1. The molecule has 1 aliphatic rings. The zero-order chi connectivity index (χ0) is 18.7. The molecule has 6 heteroatoms. The number of rotatable bonds is 5. The Labute approximate surface area is 152 Å². The van der Waals surface area contributed by atoms with Crippen LogP contribution in [0.1, 0.15) is 31.9 Å². The maximum absolute atomic E-state index is 13.1. The van der Waals surface area contributed by atoms with Crippen molar-refractivity contribution in [3.63, 3.8) is 0 Å². The second-order valence-corrected chi connectivity index (χ2v) is 6.44. The molecule has 2 atom stereocenters. The molecule has 0 aromatic heterocycles. The number of ether oxygens (including phenoxy) is 1. The molecule has 0 saturated carbocycles. The fraction of sp³-hybridized carbons (Fsp3) is 0.300. The summed E-state index contributed by atoms with van der Waals surface area (Å²) >= 11 is 0. The molecule has 0 radical (unpaired) electrons. The van der Waals surface area contributed by atoms with Gasteiger partial charge in [-0.05, 0) is 25.5 Å². The van der Waals surface area contributed by atoms with Gasteiger partial charge in [0.2, 0.25) is 12.0 Å². The number of carbonyl (C=O) groups is 2. The van der Waals surface area contributed by atoms with Gasteiger partial charge >= 0.3 is 0 Å². The first-order valence-electron chi connectivity index (χ1n) is 8.71. The van der Waals surface area contributed by atoms with Crippen molar-refractivity contribution >= 4 is 23.2 Å². The molecule has 3 rings (SSSR count). The minimum atomic E-state index is -0.804. The van der Waals surface area contributed by atoms with E-state index in [2.05, 4.69) is 5.32 Å². The van der Waals surface area contributed by atoms with Crippen LogP contribution in [-0.2, 0) is 9.59 Å². The summed E-state index contributed by atoms with van der Waals surface area (Å²) in [4.78, 5) is 26.9. The fourth-order valence-electron chi connectivity index (χ4n) is 2.85. The Morgan fingerprint density at radius 2 is 2.00 bits per heavy atom. The van der Waals surface area contributed by atoms with Crippen LogP contribution in [0.4, 0.5) is 11.4 Å². The third-order valence-corrected chi connectivity index (χ3v) is 4.43. The van der Waals surface area contributed by atoms with Crippen molar-refractivity contribution in [2.45, 2.75) is 32.4 Å². The van der Waals surface area contributed by atoms with Crippen molar-refractivity contribution in [3.05, 3.63) is 54.1 Å². The Morgan fingerprint density at radius 3 is 2.69 bits per heavy atom. The van der Waals surface area contributed by atoms with Crippen LogP contribution in [0, 0.1) is 0 Å². The van der Waals surface area contributed by atoms with Gasteiger partial charge < -0.3 is 15.8 Å². The van der Waals surface area contributed by atoms with Crippen molar-refractivity contribution in [2.75, 3.05) is 17.2 Å². The third kappa shape index (κ3) is 3.64. The highest BCUT2D eigenvalue weighted by molar-refractivity contribution is 6.04. The van der Waals surface area contributed by atoms with Gasteiger partial charge in [0.25, 0.3) is 5.91 Å². The molecule has 136 valence electrons. The molecule has 2 amide bonds. The Morgan fingerprint density at radius 1 is 1.27 bits per heavy atom. The van der Waals surface area contributed by atoms with Crippen molar-refractivity contribution < 1.29 is 14.3 Å². The largest absolute Gasteiger partial charge is 0.474 e. The average Bonchev–Trinajstić information content (AvgIpc) is 2.64. The molecule has 0 spiro atoms. The van der Waals surface area contributed by atoms with Crippen LogP contribution in [0.5, 0.6) is 5.75 Å². The van der Waals surface area contributed by atoms with Crippen LogP contribution in [0.15, 0.2) is 48.5 Å². The predicted octanol–water partition coefficient (Wildman–Crippen LogP) is 2.65. The zero-order valence-corrected chi connectivity index (χ0v) is 14.9. The second kappa shape index (κ2) is 7.47. The summed E-state index contributed by atoms with van der Waals surface area (Å²) < 4.78 is 5.92. The number of hydrogen-bond donors (Lipinski definition) is 2. The molecule has 2 unspecified atom stereocenters. The van der Waals surface area contributed by atoms with Gasteiger partial charge in [-0.15, -0.1) is 0 Å². The van der Waals surface area contributed by atoms with E-state index in [0.29, 0.717) is 17.1 Å². The Kier molecular flexibility index (Phi) is 5.11. The molecule has 1 heterocycles. The highest BCUT2D eigenvalue weighted by Crippen LogP contribution is 2.39. The second-order valence-electron chi connectivity index (χ2n) is 6.44. The quantitative estimate of drug-likeness (QED) is 0.810. The van der Waals surface area contributed by atoms with Gasteiger partial charge in [-0.1, -0.05) is 37.3 Å². The van der Waals surface area contributed by atoms with E-state index in [1.54, 1.807) is 18.2 Å². The van der Waals surface area contributed by atoms with Gasteiger partial charge in [-0.3, -0.25) is 14.5 Å². The van der Waals surface area contributed by atoms with E-state index in [1.807, 2.05) is 44.2 Å². The summed E-state index contributed by atoms with van der Waals surface area (Å²) in [5, 5.41) is 2.90. The number of amides is 2. The first kappa shape index (κ1) is 17.8. The number of benzene rings is 2. The summed E-state index contributed by atoms with van der Waals surface area (Å²) in [5.74, 6) is 0.0201. The maximum atomic E-state index is 13.1. The van der Waals surface area contributed by atoms with Crippen molar-refractivity contribution in [1.29, 1.82) is 0 Å². The standard InChI is InChI=1S/C20H23N3O3/c1-3-13(2)22-18(24)12-23-16-10-9-15(21)11-17(16)26-19(20(23)25)14-7-5-4-6-8-14/h4-11,13,19H,3,12,21H2,1-2H3,(H,22,24). The number of nitrogens with two attached hydrogens (primary N) is 1. The van der Waals surface area contributed by atoms with E-state index in [-0.39, 0.29) is 24.4 Å². The molecule has 26 heavy (non-hydrogen) atoms. The lowest BCUT2D eigenvalue weighted by Gasteiger charge is -2.34. The van der Waals surface area contributed by atoms with Crippen LogP contribution < -0.4 is 20.7 Å². The molecular formula is C20H23N3O3. The summed E-state index contributed by atoms with van der Waals surface area (Å²) in [6, 6.07) is 14.4. The summed E-state index contributed by atoms with van der Waals surface area (Å²) in [5.41, 5.74) is 7.69. The smallest absolute Gasteiger partial charge is 0.273 e. The van der Waals surface area contributed by atoms with E-state index >= 15 is 0 Å². The first-order valence-corrected chi connectivity index (χ1v) is 8.71. The minimum Gasteiger partial charge on any atom is -0.474 e. The van der Waals surface area contributed by atoms with Crippen molar-refractivity contribution in [2.24, 2.45) is 0 Å². The first-order chi connectivity index (χ1) is 12.5. The topological polar surface area (TPSA) is 84.7 Å². The Bertz CT molecular complexity index is 807. The Hall–Kier alpha value is -3.02. The van der Waals surface area contributed by atoms with E-state index in [0.717, 1.165) is 12.0 Å². The van der Waals surface area contributed by atoms with E-state index in [9.17, 15) is 9.59 Å². The number of fused-ring (bicyclic) bond motifs is 1. The van der Waals surface area contributed by atoms with Gasteiger partial charge in [0.15, 0.2) is 0 Å². The van der Waals surface area contributed by atoms with E-state index < -0.39 is 6.10 Å². The molecule has 0 aliphatic carbocycles. The zero-order valence-electron chi connectivity index (χ0n) is 14.9. The maximum Gasteiger partial charge on any atom is 0.273 e. The van der Waals surface area contributed by atoms with Crippen LogP contribution >= 0.6 is 0 Å². The molecule has 2 aromatic carbocycles. The molecule has 1 aliphatic heterocycles. The fourth-order valence-corrected chi connectivity index (χ4v) is 2.85. The van der Waals surface area contributed by atoms with Crippen LogP contribution in [-0.4, -0.2) is 24.4 Å². The van der Waals surface area contributed by atoms with Gasteiger partial charge in [0.05, 0.1) is 5.69 Å². The molecule has 0 bridgehead atoms. The van der Waals surface area contributed by atoms with E-state index in [4.69, 9.17) is 10.5 Å². The van der Waals surface area contributed by atoms with Gasteiger partial charge in [-0.25, -0.2) is 0 Å². The van der Waals surface area contributed by atoms with Crippen LogP contribution in [0.25, 0.3) is 0 Å². The average molecular weight is 353 g/mol. The lowest BCUT2D eigenvalue weighted by Crippen LogP contribution is -2.47. The normalized spacial score (nSPS) is 17.2. The molecule has 0 saturated heterocycles. The van der Waals surface area contributed by atoms with Gasteiger partial charge in [-0.2, -0.15) is 0 Å². The highest BCUT2D eigenvalue weighted by Gasteiger charge is 2.36. The van der Waals surface area contributed by atoms with Gasteiger partial charge in [0.1, 0.15) is 12.3 Å².